The average molecular weight is 527 g/mol. The Morgan fingerprint density at radius 1 is 1.24 bits per heavy atom. The average Bonchev–Trinajstić information content (AvgIpc) is 3.41. The van der Waals surface area contributed by atoms with Crippen LogP contribution >= 0.6 is 0 Å². The van der Waals surface area contributed by atoms with Gasteiger partial charge in [-0.2, -0.15) is 13.2 Å². The molecule has 6 rings (SSSR count). The molecule has 38 heavy (non-hydrogen) atoms. The minimum atomic E-state index is -4.43. The maximum atomic E-state index is 13.4. The quantitative estimate of drug-likeness (QED) is 0.359. The van der Waals surface area contributed by atoms with Crippen LogP contribution < -0.4 is 10.1 Å². The van der Waals surface area contributed by atoms with E-state index in [1.54, 1.807) is 30.5 Å². The molecule has 1 saturated carbocycles. The van der Waals surface area contributed by atoms with Gasteiger partial charge in [-0.25, -0.2) is 14.8 Å². The summed E-state index contributed by atoms with van der Waals surface area (Å²) in [5.41, 5.74) is 0.532. The number of amides is 1. The second-order valence-corrected chi connectivity index (χ2v) is 9.82. The number of alkyl halides is 3. The zero-order valence-electron chi connectivity index (χ0n) is 20.7. The number of nitrogens with one attached hydrogen (secondary N) is 1. The van der Waals surface area contributed by atoms with Crippen molar-refractivity contribution in [1.82, 2.24) is 24.6 Å². The number of nitrogens with zero attached hydrogens (tertiary/aromatic N) is 5. The first-order valence-corrected chi connectivity index (χ1v) is 12.4. The fourth-order valence-electron chi connectivity index (χ4n) is 5.05. The predicted octanol–water partition coefficient (Wildman–Crippen LogP) is 5.65. The molecule has 1 aliphatic carbocycles. The lowest BCUT2D eigenvalue weighted by molar-refractivity contribution is -0.165. The van der Waals surface area contributed by atoms with Crippen LogP contribution in [-0.2, 0) is 18.4 Å². The number of hydrogen-bond donors (Lipinski definition) is 1. The number of fused-ring (bicyclic) bond motifs is 2. The van der Waals surface area contributed by atoms with Gasteiger partial charge in [0.2, 0.25) is 5.88 Å². The second kappa shape index (κ2) is 8.83. The van der Waals surface area contributed by atoms with Gasteiger partial charge in [-0.15, -0.1) is 0 Å². The van der Waals surface area contributed by atoms with Crippen molar-refractivity contribution in [2.45, 2.75) is 57.3 Å². The number of likely N-dealkylation sites (N-methyl/N-ethyl adjacent to an activating group) is 1. The van der Waals surface area contributed by atoms with Crippen LogP contribution in [0.5, 0.6) is 11.6 Å². The molecule has 4 heterocycles. The van der Waals surface area contributed by atoms with Crippen molar-refractivity contribution in [3.63, 3.8) is 0 Å². The van der Waals surface area contributed by atoms with Gasteiger partial charge in [-0.3, -0.25) is 14.8 Å². The Morgan fingerprint density at radius 2 is 2.05 bits per heavy atom. The summed E-state index contributed by atoms with van der Waals surface area (Å²) in [6.07, 6.45) is -0.683. The van der Waals surface area contributed by atoms with Gasteiger partial charge >= 0.3 is 12.2 Å². The van der Waals surface area contributed by atoms with E-state index in [-0.39, 0.29) is 24.4 Å². The molecule has 0 unspecified atom stereocenters. The van der Waals surface area contributed by atoms with Crippen molar-refractivity contribution >= 4 is 22.8 Å². The molecule has 1 aliphatic heterocycles. The third-order valence-electron chi connectivity index (χ3n) is 7.48. The van der Waals surface area contributed by atoms with Crippen LogP contribution in [0.2, 0.25) is 0 Å². The summed E-state index contributed by atoms with van der Waals surface area (Å²) < 4.78 is 52.5. The lowest BCUT2D eigenvalue weighted by atomic mass is 10.00. The third kappa shape index (κ3) is 4.08. The van der Waals surface area contributed by atoms with E-state index >= 15 is 0 Å². The fourth-order valence-corrected chi connectivity index (χ4v) is 5.05. The predicted molar refractivity (Wildman–Crippen MR) is 131 cm³/mol. The van der Waals surface area contributed by atoms with E-state index in [0.29, 0.717) is 23.2 Å². The Kier molecular flexibility index (Phi) is 5.67. The van der Waals surface area contributed by atoms with Gasteiger partial charge in [0.15, 0.2) is 11.6 Å². The molecule has 1 N–H and O–H groups in total. The van der Waals surface area contributed by atoms with Crippen molar-refractivity contribution < 1.29 is 27.2 Å². The van der Waals surface area contributed by atoms with E-state index in [1.165, 1.54) is 10.9 Å². The van der Waals surface area contributed by atoms with Gasteiger partial charge in [0, 0.05) is 35.8 Å². The number of carbonyl (C=O) groups excluding carboxylic acids is 1. The number of aromatic nitrogens is 4. The molecule has 0 radical (unpaired) electrons. The molecular formula is C26H25F3N6O3. The highest BCUT2D eigenvalue weighted by atomic mass is 19.4. The van der Waals surface area contributed by atoms with Crippen molar-refractivity contribution in [1.29, 1.82) is 0 Å². The molecule has 1 amide bonds. The van der Waals surface area contributed by atoms with E-state index in [4.69, 9.17) is 9.26 Å². The number of carbonyl (C=O) groups is 1. The van der Waals surface area contributed by atoms with Crippen LogP contribution in [0.25, 0.3) is 10.9 Å². The summed E-state index contributed by atoms with van der Waals surface area (Å²) >= 11 is 0. The molecule has 1 atom stereocenters. The van der Waals surface area contributed by atoms with Gasteiger partial charge < -0.3 is 9.26 Å². The minimum absolute atomic E-state index is 0.0558. The Balaban J connectivity index is 1.19. The molecule has 12 heteroatoms. The lowest BCUT2D eigenvalue weighted by Crippen LogP contribution is -2.38. The number of anilines is 1. The van der Waals surface area contributed by atoms with Crippen LogP contribution in [0, 0.1) is 0 Å². The molecule has 9 nitrogen and oxygen atoms in total. The molecule has 1 aromatic carbocycles. The van der Waals surface area contributed by atoms with Crippen molar-refractivity contribution in [2.24, 2.45) is 0 Å². The fraction of sp³-hybridized carbons (Fsp3) is 0.385. The Bertz CT molecular complexity index is 1520. The van der Waals surface area contributed by atoms with Crippen LogP contribution in [0.4, 0.5) is 23.8 Å². The standard InChI is InChI=1S/C26H25F3N6O3/c1-3-34-13-19-18(10-15(34)2)23(31-14-30-19)37-17-4-5-20-16(11-17)6-9-35(20)24(36)32-22-12-21(38-33-22)25(7-8-25)26(27,28)29/h4-6,9,11-12,14-15H,3,7-8,10,13H2,1-2H3,(H,32,33,36)/t15-/m0/s1. The van der Waals surface area contributed by atoms with E-state index in [9.17, 15) is 18.0 Å². The number of benzene rings is 1. The van der Waals surface area contributed by atoms with Crippen LogP contribution in [0.3, 0.4) is 0 Å². The molecule has 2 aliphatic rings. The highest BCUT2D eigenvalue weighted by Gasteiger charge is 2.66. The van der Waals surface area contributed by atoms with Crippen molar-refractivity contribution in [3.8, 4) is 11.6 Å². The Morgan fingerprint density at radius 3 is 2.79 bits per heavy atom. The van der Waals surface area contributed by atoms with Gasteiger partial charge in [0.1, 0.15) is 17.5 Å². The van der Waals surface area contributed by atoms with E-state index in [0.717, 1.165) is 42.2 Å². The maximum Gasteiger partial charge on any atom is 0.401 e. The number of ether oxygens (including phenoxy) is 1. The van der Waals surface area contributed by atoms with Gasteiger partial charge in [-0.05, 0) is 57.0 Å². The first-order chi connectivity index (χ1) is 18.2. The molecule has 0 spiro atoms. The number of hydrogen-bond acceptors (Lipinski definition) is 7. The van der Waals surface area contributed by atoms with E-state index < -0.39 is 17.6 Å². The lowest BCUT2D eigenvalue weighted by Gasteiger charge is -2.33. The summed E-state index contributed by atoms with van der Waals surface area (Å²) in [6, 6.07) is 7.92. The van der Waals surface area contributed by atoms with Gasteiger partial charge in [-0.1, -0.05) is 12.1 Å². The number of halogens is 3. The zero-order valence-corrected chi connectivity index (χ0v) is 20.7. The summed E-state index contributed by atoms with van der Waals surface area (Å²) in [5.74, 6) is 0.711. The molecule has 3 aromatic heterocycles. The molecule has 0 bridgehead atoms. The topological polar surface area (TPSA) is 98.3 Å². The zero-order chi connectivity index (χ0) is 26.7. The monoisotopic (exact) mass is 526 g/mol. The van der Waals surface area contributed by atoms with Gasteiger partial charge in [0.05, 0.1) is 11.2 Å². The SMILES string of the molecule is CCN1Cc2ncnc(Oc3ccc4c(ccn4C(=O)Nc4cc(C5(C(F)(F)F)CC5)on4)c3)c2C[C@@H]1C. The van der Waals surface area contributed by atoms with Crippen molar-refractivity contribution in [2.75, 3.05) is 11.9 Å². The maximum absolute atomic E-state index is 13.4. The largest absolute Gasteiger partial charge is 0.439 e. The molecule has 198 valence electrons. The van der Waals surface area contributed by atoms with Crippen LogP contribution in [0.1, 0.15) is 43.7 Å². The Hall–Kier alpha value is -3.93. The second-order valence-electron chi connectivity index (χ2n) is 9.82. The summed E-state index contributed by atoms with van der Waals surface area (Å²) in [7, 11) is 0. The first kappa shape index (κ1) is 24.4. The minimum Gasteiger partial charge on any atom is -0.439 e. The Labute approximate surface area is 215 Å². The van der Waals surface area contributed by atoms with Crippen molar-refractivity contribution in [3.05, 3.63) is 59.9 Å². The van der Waals surface area contributed by atoms with Crippen LogP contribution in [0.15, 0.2) is 47.4 Å². The first-order valence-electron chi connectivity index (χ1n) is 12.4. The molecule has 0 saturated heterocycles. The molecule has 4 aromatic rings. The summed E-state index contributed by atoms with van der Waals surface area (Å²) in [4.78, 5) is 24.0. The highest BCUT2D eigenvalue weighted by Crippen LogP contribution is 2.59. The molecule has 1 fully saturated rings. The normalized spacial score (nSPS) is 18.8. The highest BCUT2D eigenvalue weighted by molar-refractivity contribution is 5.98. The van der Waals surface area contributed by atoms with Gasteiger partial charge in [0.25, 0.3) is 0 Å². The van der Waals surface area contributed by atoms with E-state index in [2.05, 4.69) is 39.2 Å². The van der Waals surface area contributed by atoms with E-state index in [1.807, 2.05) is 0 Å². The number of rotatable bonds is 5. The summed E-state index contributed by atoms with van der Waals surface area (Å²) in [5, 5.41) is 6.87. The summed E-state index contributed by atoms with van der Waals surface area (Å²) in [6.45, 7) is 5.98. The molecular weight excluding hydrogens is 501 g/mol. The van der Waals surface area contributed by atoms with Crippen LogP contribution in [-0.4, -0.2) is 49.4 Å². The smallest absolute Gasteiger partial charge is 0.401 e. The third-order valence-corrected chi connectivity index (χ3v) is 7.48.